The molecule has 0 aromatic heterocycles. The van der Waals surface area contributed by atoms with Crippen LogP contribution in [0.3, 0.4) is 0 Å². The number of hydrogen-bond acceptors (Lipinski definition) is 3. The molecule has 2 rings (SSSR count). The van der Waals surface area contributed by atoms with Crippen LogP contribution in [0.1, 0.15) is 10.4 Å². The molecule has 1 N–H and O–H groups in total. The second-order valence-electron chi connectivity index (χ2n) is 4.35. The minimum Gasteiger partial charge on any atom is -0.452 e. The number of carbonyl (C=O) groups excluding carboxylic acids is 2. The van der Waals surface area contributed by atoms with Crippen molar-refractivity contribution < 1.29 is 27.5 Å². The highest BCUT2D eigenvalue weighted by Gasteiger charge is 2.17. The third-order valence-corrected chi connectivity index (χ3v) is 2.95. The number of anilines is 1. The van der Waals surface area contributed by atoms with Gasteiger partial charge in [0.25, 0.3) is 5.91 Å². The lowest BCUT2D eigenvalue weighted by molar-refractivity contribution is -0.119. The molecule has 2 aromatic carbocycles. The van der Waals surface area contributed by atoms with Gasteiger partial charge >= 0.3 is 5.97 Å². The maximum Gasteiger partial charge on any atom is 0.341 e. The van der Waals surface area contributed by atoms with Crippen LogP contribution in [0, 0.1) is 17.5 Å². The Balaban J connectivity index is 1.98. The van der Waals surface area contributed by atoms with Gasteiger partial charge in [-0.1, -0.05) is 17.7 Å². The molecule has 0 saturated heterocycles. The summed E-state index contributed by atoms with van der Waals surface area (Å²) >= 11 is 5.54. The van der Waals surface area contributed by atoms with Gasteiger partial charge in [-0.15, -0.1) is 0 Å². The highest BCUT2D eigenvalue weighted by Crippen LogP contribution is 2.18. The topological polar surface area (TPSA) is 55.4 Å². The van der Waals surface area contributed by atoms with Crippen molar-refractivity contribution in [2.45, 2.75) is 0 Å². The second kappa shape index (κ2) is 7.15. The Hall–Kier alpha value is -2.54. The summed E-state index contributed by atoms with van der Waals surface area (Å²) in [5.74, 6) is -4.95. The average Bonchev–Trinajstić information content (AvgIpc) is 2.49. The lowest BCUT2D eigenvalue weighted by Gasteiger charge is -2.08. The standard InChI is InChI=1S/C15H9ClF3NO3/c16-8-4-5-9(12(19)6-8)15(22)23-7-13(21)20-14-10(17)2-1-3-11(14)18/h1-6H,7H2,(H,20,21). The normalized spacial score (nSPS) is 10.3. The molecule has 1 amide bonds. The van der Waals surface area contributed by atoms with E-state index in [1.807, 2.05) is 5.32 Å². The molecule has 0 atom stereocenters. The Kier molecular flexibility index (Phi) is 5.23. The molecule has 4 nitrogen and oxygen atoms in total. The number of hydrogen-bond donors (Lipinski definition) is 1. The molecule has 0 aliphatic heterocycles. The van der Waals surface area contributed by atoms with Crippen molar-refractivity contribution >= 4 is 29.2 Å². The van der Waals surface area contributed by atoms with Crippen LogP contribution < -0.4 is 5.32 Å². The largest absolute Gasteiger partial charge is 0.452 e. The van der Waals surface area contributed by atoms with E-state index >= 15 is 0 Å². The van der Waals surface area contributed by atoms with E-state index in [0.717, 1.165) is 30.3 Å². The van der Waals surface area contributed by atoms with Crippen LogP contribution in [0.15, 0.2) is 36.4 Å². The van der Waals surface area contributed by atoms with E-state index in [1.165, 1.54) is 6.07 Å². The van der Waals surface area contributed by atoms with Gasteiger partial charge in [0.15, 0.2) is 6.61 Å². The van der Waals surface area contributed by atoms with Crippen molar-refractivity contribution in [3.8, 4) is 0 Å². The molecule has 0 unspecified atom stereocenters. The fourth-order valence-corrected chi connectivity index (χ4v) is 1.82. The van der Waals surface area contributed by atoms with Gasteiger partial charge in [0.2, 0.25) is 0 Å². The number of nitrogens with one attached hydrogen (secondary N) is 1. The third-order valence-electron chi connectivity index (χ3n) is 2.71. The third kappa shape index (κ3) is 4.23. The molecule has 2 aromatic rings. The van der Waals surface area contributed by atoms with Crippen molar-refractivity contribution in [1.82, 2.24) is 0 Å². The van der Waals surface area contributed by atoms with Gasteiger partial charge in [-0.3, -0.25) is 4.79 Å². The number of carbonyl (C=O) groups is 2. The summed E-state index contributed by atoms with van der Waals surface area (Å²) < 4.78 is 44.8. The van der Waals surface area contributed by atoms with E-state index in [-0.39, 0.29) is 5.02 Å². The minimum atomic E-state index is -1.11. The van der Waals surface area contributed by atoms with Crippen molar-refractivity contribution in [3.63, 3.8) is 0 Å². The Morgan fingerprint density at radius 2 is 1.70 bits per heavy atom. The summed E-state index contributed by atoms with van der Waals surface area (Å²) in [6, 6.07) is 6.31. The van der Waals surface area contributed by atoms with Crippen LogP contribution >= 0.6 is 11.6 Å². The van der Waals surface area contributed by atoms with Crippen LogP contribution in [0.4, 0.5) is 18.9 Å². The first-order chi connectivity index (χ1) is 10.9. The molecule has 0 fully saturated rings. The van der Waals surface area contributed by atoms with Crippen molar-refractivity contribution in [2.75, 3.05) is 11.9 Å². The highest BCUT2D eigenvalue weighted by atomic mass is 35.5. The van der Waals surface area contributed by atoms with Gasteiger partial charge in [-0.05, 0) is 30.3 Å². The first kappa shape index (κ1) is 16.8. The summed E-state index contributed by atoms with van der Waals surface area (Å²) in [6.07, 6.45) is 0. The van der Waals surface area contributed by atoms with Gasteiger partial charge in [0.1, 0.15) is 23.1 Å². The number of benzene rings is 2. The second-order valence-corrected chi connectivity index (χ2v) is 4.78. The van der Waals surface area contributed by atoms with E-state index in [2.05, 4.69) is 4.74 Å². The number of esters is 1. The molecule has 0 radical (unpaired) electrons. The number of halogens is 4. The van der Waals surface area contributed by atoms with Crippen molar-refractivity contribution in [2.24, 2.45) is 0 Å². The van der Waals surface area contributed by atoms with Crippen LogP contribution in [0.25, 0.3) is 0 Å². The summed E-state index contributed by atoms with van der Waals surface area (Å²) in [7, 11) is 0. The molecular formula is C15H9ClF3NO3. The zero-order chi connectivity index (χ0) is 17.0. The fourth-order valence-electron chi connectivity index (χ4n) is 1.66. The summed E-state index contributed by atoms with van der Waals surface area (Å²) in [6.45, 7) is -0.839. The number of para-hydroxylation sites is 1. The first-order valence-electron chi connectivity index (χ1n) is 6.24. The molecule has 120 valence electrons. The van der Waals surface area contributed by atoms with Crippen molar-refractivity contribution in [3.05, 3.63) is 64.4 Å². The molecule has 0 bridgehead atoms. The van der Waals surface area contributed by atoms with Crippen LogP contribution in [0.2, 0.25) is 5.02 Å². The summed E-state index contributed by atoms with van der Waals surface area (Å²) in [5.41, 5.74) is -1.08. The fraction of sp³-hybridized carbons (Fsp3) is 0.0667. The van der Waals surface area contributed by atoms with E-state index in [9.17, 15) is 22.8 Å². The molecule has 0 aliphatic carbocycles. The molecule has 8 heteroatoms. The smallest absolute Gasteiger partial charge is 0.341 e. The van der Waals surface area contributed by atoms with E-state index in [1.54, 1.807) is 0 Å². The Morgan fingerprint density at radius 1 is 1.04 bits per heavy atom. The van der Waals surface area contributed by atoms with E-state index < -0.39 is 47.2 Å². The maximum absolute atomic E-state index is 13.5. The van der Waals surface area contributed by atoms with Gasteiger partial charge in [0.05, 0.1) is 5.56 Å². The first-order valence-corrected chi connectivity index (χ1v) is 6.62. The maximum atomic E-state index is 13.5. The molecule has 23 heavy (non-hydrogen) atoms. The van der Waals surface area contributed by atoms with E-state index in [0.29, 0.717) is 0 Å². The molecule has 0 spiro atoms. The predicted octanol–water partition coefficient (Wildman–Crippen LogP) is 3.55. The van der Waals surface area contributed by atoms with Gasteiger partial charge in [-0.25, -0.2) is 18.0 Å². The average molecular weight is 344 g/mol. The van der Waals surface area contributed by atoms with Crippen molar-refractivity contribution in [1.29, 1.82) is 0 Å². The Morgan fingerprint density at radius 3 is 2.30 bits per heavy atom. The van der Waals surface area contributed by atoms with Gasteiger partial charge in [-0.2, -0.15) is 0 Å². The minimum absolute atomic E-state index is 0.0896. The number of amides is 1. The van der Waals surface area contributed by atoms with Crippen LogP contribution in [-0.4, -0.2) is 18.5 Å². The lowest BCUT2D eigenvalue weighted by Crippen LogP contribution is -2.22. The number of rotatable bonds is 4. The Labute approximate surface area is 133 Å². The van der Waals surface area contributed by atoms with Crippen LogP contribution in [-0.2, 0) is 9.53 Å². The molecular weight excluding hydrogens is 335 g/mol. The summed E-state index contributed by atoms with van der Waals surface area (Å²) in [4.78, 5) is 23.2. The lowest BCUT2D eigenvalue weighted by atomic mass is 10.2. The molecule has 0 heterocycles. The Bertz CT molecular complexity index is 747. The number of ether oxygens (including phenoxy) is 1. The summed E-state index contributed by atoms with van der Waals surface area (Å²) in [5, 5.41) is 2.02. The zero-order valence-corrected chi connectivity index (χ0v) is 12.2. The SMILES string of the molecule is O=C(COC(=O)c1ccc(Cl)cc1F)Nc1c(F)cccc1F. The van der Waals surface area contributed by atoms with Gasteiger partial charge < -0.3 is 10.1 Å². The molecule has 0 aliphatic rings. The monoisotopic (exact) mass is 343 g/mol. The van der Waals surface area contributed by atoms with Gasteiger partial charge in [0, 0.05) is 5.02 Å². The zero-order valence-electron chi connectivity index (χ0n) is 11.4. The quantitative estimate of drug-likeness (QED) is 0.864. The molecule has 0 saturated carbocycles. The van der Waals surface area contributed by atoms with E-state index in [4.69, 9.17) is 11.6 Å². The predicted molar refractivity (Wildman–Crippen MR) is 76.7 cm³/mol. The highest BCUT2D eigenvalue weighted by molar-refractivity contribution is 6.30. The van der Waals surface area contributed by atoms with Crippen LogP contribution in [0.5, 0.6) is 0 Å².